The van der Waals surface area contributed by atoms with Crippen molar-refractivity contribution in [2.24, 2.45) is 5.84 Å². The Morgan fingerprint density at radius 2 is 2.10 bits per heavy atom. The van der Waals surface area contributed by atoms with Gasteiger partial charge in [0.15, 0.2) is 0 Å². The Balaban J connectivity index is 2.31. The van der Waals surface area contributed by atoms with Crippen LogP contribution in [-0.4, -0.2) is 0 Å². The van der Waals surface area contributed by atoms with Crippen LogP contribution in [0.1, 0.15) is 22.7 Å². The number of aryl methyl sites for hydroxylation is 1. The van der Waals surface area contributed by atoms with Crippen LogP contribution in [0, 0.1) is 12.7 Å². The van der Waals surface area contributed by atoms with Crippen molar-refractivity contribution in [1.29, 1.82) is 0 Å². The molecule has 0 spiro atoms. The maximum absolute atomic E-state index is 13.4. The lowest BCUT2D eigenvalue weighted by Gasteiger charge is -2.19. The molecule has 0 aliphatic rings. The summed E-state index contributed by atoms with van der Waals surface area (Å²) in [5.74, 6) is 5.36. The molecule has 0 saturated heterocycles. The van der Waals surface area contributed by atoms with Gasteiger partial charge in [-0.25, -0.2) is 4.39 Å². The zero-order valence-electron chi connectivity index (χ0n) is 11.0. The molecule has 20 heavy (non-hydrogen) atoms. The molecular formula is C15H15BrClFN2. The lowest BCUT2D eigenvalue weighted by molar-refractivity contribution is 0.548. The van der Waals surface area contributed by atoms with E-state index >= 15 is 0 Å². The number of hydrogen-bond donors (Lipinski definition) is 2. The number of hydrazine groups is 1. The number of halogens is 3. The fourth-order valence-electron chi connectivity index (χ4n) is 2.16. The molecule has 0 radical (unpaired) electrons. The van der Waals surface area contributed by atoms with E-state index in [9.17, 15) is 4.39 Å². The number of hydrogen-bond acceptors (Lipinski definition) is 2. The van der Waals surface area contributed by atoms with E-state index in [-0.39, 0.29) is 11.9 Å². The van der Waals surface area contributed by atoms with Gasteiger partial charge in [0.05, 0.1) is 6.04 Å². The molecule has 0 aromatic heterocycles. The zero-order valence-corrected chi connectivity index (χ0v) is 13.3. The maximum atomic E-state index is 13.4. The first-order valence-electron chi connectivity index (χ1n) is 6.17. The predicted octanol–water partition coefficient (Wildman–Crippen LogP) is 4.30. The Morgan fingerprint density at radius 1 is 1.35 bits per heavy atom. The molecule has 0 aliphatic carbocycles. The van der Waals surface area contributed by atoms with E-state index < -0.39 is 0 Å². The van der Waals surface area contributed by atoms with Crippen molar-refractivity contribution in [3.63, 3.8) is 0 Å². The van der Waals surface area contributed by atoms with Crippen molar-refractivity contribution >= 4 is 27.5 Å². The van der Waals surface area contributed by atoms with Gasteiger partial charge in [0, 0.05) is 9.50 Å². The molecule has 0 amide bonds. The first-order valence-corrected chi connectivity index (χ1v) is 7.34. The van der Waals surface area contributed by atoms with E-state index in [1.165, 1.54) is 12.1 Å². The molecule has 0 saturated carbocycles. The van der Waals surface area contributed by atoms with Crippen LogP contribution in [0.2, 0.25) is 5.02 Å². The topological polar surface area (TPSA) is 38.0 Å². The van der Waals surface area contributed by atoms with Crippen LogP contribution in [-0.2, 0) is 6.42 Å². The van der Waals surface area contributed by atoms with Gasteiger partial charge in [0.1, 0.15) is 5.82 Å². The van der Waals surface area contributed by atoms with Crippen LogP contribution in [0.25, 0.3) is 0 Å². The standard InChI is InChI=1S/C15H15BrClFN2/c1-9-3-2-4-13(15(9)17)14(20-19)7-10-5-11(16)8-12(18)6-10/h2-6,8,14,20H,7,19H2,1H3. The molecule has 5 heteroatoms. The molecule has 106 valence electrons. The highest BCUT2D eigenvalue weighted by molar-refractivity contribution is 9.10. The van der Waals surface area contributed by atoms with Gasteiger partial charge >= 0.3 is 0 Å². The summed E-state index contributed by atoms with van der Waals surface area (Å²) in [5, 5.41) is 0.686. The molecule has 2 nitrogen and oxygen atoms in total. The van der Waals surface area contributed by atoms with E-state index in [1.807, 2.05) is 31.2 Å². The Hall–Kier alpha value is -0.940. The zero-order chi connectivity index (χ0) is 14.7. The summed E-state index contributed by atoms with van der Waals surface area (Å²) in [7, 11) is 0. The minimum Gasteiger partial charge on any atom is -0.271 e. The number of nitrogens with one attached hydrogen (secondary N) is 1. The van der Waals surface area contributed by atoms with Gasteiger partial charge in [-0.2, -0.15) is 0 Å². The second-order valence-electron chi connectivity index (χ2n) is 4.68. The molecule has 0 fully saturated rings. The fourth-order valence-corrected chi connectivity index (χ4v) is 2.93. The van der Waals surface area contributed by atoms with Crippen LogP contribution < -0.4 is 11.3 Å². The summed E-state index contributed by atoms with van der Waals surface area (Å²) in [5.41, 5.74) is 5.50. The SMILES string of the molecule is Cc1cccc(C(Cc2cc(F)cc(Br)c2)NN)c1Cl. The second-order valence-corrected chi connectivity index (χ2v) is 5.97. The van der Waals surface area contributed by atoms with Crippen molar-refractivity contribution in [3.05, 3.63) is 68.4 Å². The third kappa shape index (κ3) is 3.58. The fraction of sp³-hybridized carbons (Fsp3) is 0.200. The summed E-state index contributed by atoms with van der Waals surface area (Å²) in [6, 6.07) is 10.4. The molecule has 1 unspecified atom stereocenters. The van der Waals surface area contributed by atoms with E-state index in [2.05, 4.69) is 21.4 Å². The Labute approximate surface area is 131 Å². The molecule has 3 N–H and O–H groups in total. The Kier molecular flexibility index (Phi) is 5.16. The number of nitrogens with two attached hydrogens (primary N) is 1. The largest absolute Gasteiger partial charge is 0.271 e. The maximum Gasteiger partial charge on any atom is 0.124 e. The normalized spacial score (nSPS) is 12.4. The first-order chi connectivity index (χ1) is 9.51. The molecule has 0 aliphatic heterocycles. The number of rotatable bonds is 4. The van der Waals surface area contributed by atoms with Gasteiger partial charge in [-0.1, -0.05) is 45.7 Å². The smallest absolute Gasteiger partial charge is 0.124 e. The second kappa shape index (κ2) is 6.68. The number of benzene rings is 2. The van der Waals surface area contributed by atoms with Gasteiger partial charge in [-0.15, -0.1) is 0 Å². The lowest BCUT2D eigenvalue weighted by Crippen LogP contribution is -2.30. The first kappa shape index (κ1) is 15.4. The van der Waals surface area contributed by atoms with Crippen LogP contribution in [0.3, 0.4) is 0 Å². The average Bonchev–Trinajstić information content (AvgIpc) is 2.38. The van der Waals surface area contributed by atoms with Crippen molar-refractivity contribution in [3.8, 4) is 0 Å². The highest BCUT2D eigenvalue weighted by Crippen LogP contribution is 2.28. The highest BCUT2D eigenvalue weighted by atomic mass is 79.9. The van der Waals surface area contributed by atoms with E-state index in [0.717, 1.165) is 16.7 Å². The molecule has 2 rings (SSSR count). The minimum absolute atomic E-state index is 0.170. The predicted molar refractivity (Wildman–Crippen MR) is 84.1 cm³/mol. The van der Waals surface area contributed by atoms with E-state index in [4.69, 9.17) is 17.4 Å². The van der Waals surface area contributed by atoms with Gasteiger partial charge in [0.25, 0.3) is 0 Å². The highest BCUT2D eigenvalue weighted by Gasteiger charge is 2.15. The third-order valence-corrected chi connectivity index (χ3v) is 4.13. The molecular weight excluding hydrogens is 343 g/mol. The summed E-state index contributed by atoms with van der Waals surface area (Å²) in [6.45, 7) is 1.94. The summed E-state index contributed by atoms with van der Waals surface area (Å²) >= 11 is 9.61. The van der Waals surface area contributed by atoms with Crippen LogP contribution >= 0.6 is 27.5 Å². The van der Waals surface area contributed by atoms with Gasteiger partial charge < -0.3 is 0 Å². The van der Waals surface area contributed by atoms with Gasteiger partial charge in [-0.05, 0) is 48.2 Å². The average molecular weight is 358 g/mol. The van der Waals surface area contributed by atoms with Crippen LogP contribution in [0.4, 0.5) is 4.39 Å². The van der Waals surface area contributed by atoms with E-state index in [0.29, 0.717) is 15.9 Å². The van der Waals surface area contributed by atoms with Crippen molar-refractivity contribution < 1.29 is 4.39 Å². The van der Waals surface area contributed by atoms with Crippen LogP contribution in [0.15, 0.2) is 40.9 Å². The quantitative estimate of drug-likeness (QED) is 0.632. The summed E-state index contributed by atoms with van der Waals surface area (Å²) in [4.78, 5) is 0. The lowest BCUT2D eigenvalue weighted by atomic mass is 9.98. The molecule has 2 aromatic carbocycles. The molecule has 0 heterocycles. The Bertz CT molecular complexity index is 599. The van der Waals surface area contributed by atoms with Crippen molar-refractivity contribution in [2.75, 3.05) is 0 Å². The van der Waals surface area contributed by atoms with Gasteiger partial charge in [-0.3, -0.25) is 11.3 Å². The summed E-state index contributed by atoms with van der Waals surface area (Å²) in [6.07, 6.45) is 0.552. The van der Waals surface area contributed by atoms with Crippen molar-refractivity contribution in [1.82, 2.24) is 5.43 Å². The van der Waals surface area contributed by atoms with Crippen molar-refractivity contribution in [2.45, 2.75) is 19.4 Å². The van der Waals surface area contributed by atoms with Crippen LogP contribution in [0.5, 0.6) is 0 Å². The Morgan fingerprint density at radius 3 is 2.75 bits per heavy atom. The van der Waals surface area contributed by atoms with Gasteiger partial charge in [0.2, 0.25) is 0 Å². The summed E-state index contributed by atoms with van der Waals surface area (Å²) < 4.78 is 14.1. The molecule has 0 bridgehead atoms. The molecule has 1 atom stereocenters. The molecule has 2 aromatic rings. The minimum atomic E-state index is -0.277. The van der Waals surface area contributed by atoms with E-state index in [1.54, 1.807) is 0 Å². The third-order valence-electron chi connectivity index (χ3n) is 3.16. The monoisotopic (exact) mass is 356 g/mol.